The first-order valence-corrected chi connectivity index (χ1v) is 0.500. The third-order valence-electron chi connectivity index (χ3n) is 0. The van der Waals surface area contributed by atoms with Crippen LogP contribution >= 0.6 is 0 Å². The summed E-state index contributed by atoms with van der Waals surface area (Å²) >= 11 is 0. The second-order valence-electron chi connectivity index (χ2n) is 0. The van der Waals surface area contributed by atoms with Crippen LogP contribution in [0.25, 0.3) is 0 Å². The molecule has 0 rings (SSSR count). The van der Waals surface area contributed by atoms with Gasteiger partial charge < -0.3 is 37.2 Å². The van der Waals surface area contributed by atoms with Crippen LogP contribution in [0.1, 0.15) is 0 Å². The van der Waals surface area contributed by atoms with E-state index in [-0.39, 0.29) is 41.9 Å². The predicted octanol–water partition coefficient (Wildman–Crippen LogP) is -8.03. The molecule has 0 aromatic carbocycles. The Labute approximate surface area is 55.6 Å². The number of halogens is 4. The van der Waals surface area contributed by atoms with Gasteiger partial charge >= 0.3 is 0 Å². The monoisotopic (exact) mass is 153 g/mol. The first kappa shape index (κ1) is 84.6. The van der Waals surface area contributed by atoms with Crippen LogP contribution in [0.5, 0.6) is 0 Å². The van der Waals surface area contributed by atoms with Crippen molar-refractivity contribution in [2.45, 2.75) is 0 Å². The first-order chi connectivity index (χ1) is 1.00. The second-order valence-corrected chi connectivity index (χ2v) is 0. The van der Waals surface area contributed by atoms with Crippen molar-refractivity contribution in [2.24, 2.45) is 0 Å². The topological polar surface area (TPSA) is 0 Å². The number of rotatable bonds is 0. The Morgan fingerprint density at radius 1 is 0.667 bits per heavy atom. The fourth-order valence-electron chi connectivity index (χ4n) is 0. The van der Waals surface area contributed by atoms with E-state index < -0.39 is 0 Å². The smallest absolute Gasteiger partial charge is 0.106 e. The minimum absolute atomic E-state index is 0. The van der Waals surface area contributed by atoms with Crippen molar-refractivity contribution in [3.8, 4) is 0 Å². The summed E-state index contributed by atoms with van der Waals surface area (Å²) in [4.78, 5) is 0. The number of hydrogen-bond donors (Lipinski definition) is 0. The van der Waals surface area contributed by atoms with Crippen LogP contribution in [-0.4, -0.2) is 0 Å². The molecule has 0 heterocycles. The van der Waals surface area contributed by atoms with Gasteiger partial charge in [0.25, 0.3) is 0 Å². The van der Waals surface area contributed by atoms with Crippen LogP contribution in [0.15, 0.2) is 13.2 Å². The Morgan fingerprint density at radius 3 is 0.667 bits per heavy atom. The van der Waals surface area contributed by atoms with Crippen LogP contribution in [-0.2, 0) is 0 Å². The summed E-state index contributed by atoms with van der Waals surface area (Å²) in [6.07, 6.45) is 0. The molecule has 0 nitrogen and oxygen atoms in total. The van der Waals surface area contributed by atoms with Crippen molar-refractivity contribution in [3.63, 3.8) is 0 Å². The van der Waals surface area contributed by atoms with Crippen molar-refractivity contribution in [2.75, 3.05) is 0 Å². The maximum absolute atomic E-state index is 3.00. The lowest BCUT2D eigenvalue weighted by molar-refractivity contribution is -0.00100. The fraction of sp³-hybridized carbons (Fsp3) is 0. The highest BCUT2D eigenvalue weighted by Gasteiger charge is 0.601. The molecule has 6 heavy (non-hydrogen) atoms. The van der Waals surface area contributed by atoms with Crippen LogP contribution in [0.3, 0.4) is 0 Å². The quantitative estimate of drug-likeness (QED) is 0.304. The zero-order valence-corrected chi connectivity index (χ0v) is 5.22. The lowest BCUT2D eigenvalue weighted by atomic mass is 11.3. The largest absolute Gasteiger partial charge is 1.00 e. The fourth-order valence-corrected chi connectivity index (χ4v) is 0. The Morgan fingerprint density at radius 2 is 0.667 bits per heavy atom. The van der Waals surface area contributed by atoms with Gasteiger partial charge in [0.15, 0.2) is 0 Å². The van der Waals surface area contributed by atoms with Crippen LogP contribution in [0.4, 0.5) is 4.70 Å². The van der Waals surface area contributed by atoms with E-state index in [9.17, 15) is 0 Å². The highest BCUT2D eigenvalue weighted by Crippen LogP contribution is 0.862. The third kappa shape index (κ3) is 195. The number of hydrogen-bond acceptors (Lipinski definition) is 0. The highest BCUT2D eigenvalue weighted by atomic mass is 35.5. The Kier molecular flexibility index (Phi) is 5520. The van der Waals surface area contributed by atoms with Crippen molar-refractivity contribution in [3.05, 3.63) is 13.2 Å². The molecule has 0 N–H and O–H groups in total. The Balaban J connectivity index is -0.000000000833. The molecule has 0 bridgehead atoms. The van der Waals surface area contributed by atoms with Gasteiger partial charge in [-0.05, 0) is 0 Å². The van der Waals surface area contributed by atoms with Gasteiger partial charge in [-0.3, -0.25) is 4.70 Å². The van der Waals surface area contributed by atoms with Crippen molar-refractivity contribution in [1.29, 1.82) is 0 Å². The molecule has 0 saturated carbocycles. The van der Waals surface area contributed by atoms with Gasteiger partial charge in [-0.15, -0.1) is 13.2 Å². The minimum atomic E-state index is 0. The third-order valence-corrected chi connectivity index (χ3v) is 0. The molecule has 0 aromatic heterocycles. The van der Waals surface area contributed by atoms with Crippen LogP contribution in [0.2, 0.25) is 0 Å². The van der Waals surface area contributed by atoms with E-state index >= 15 is 0 Å². The molecule has 0 spiro atoms. The van der Waals surface area contributed by atoms with E-state index in [4.69, 9.17) is 0 Å². The van der Waals surface area contributed by atoms with Gasteiger partial charge in [-0.2, -0.15) is 0 Å². The molecule has 0 unspecified atom stereocenters. The molecule has 44 valence electrons. The summed E-state index contributed by atoms with van der Waals surface area (Å²) < 4.78 is 0. The van der Waals surface area contributed by atoms with E-state index in [1.807, 2.05) is 0 Å². The average Bonchev–Trinajstić information content (AvgIpc) is 1.00. The summed E-state index contributed by atoms with van der Waals surface area (Å²) in [5.74, 6) is 0. The zero-order chi connectivity index (χ0) is 2.00. The minimum Gasteiger partial charge on any atom is -1.00 e. The maximum atomic E-state index is 3.00. The molecule has 0 atom stereocenters. The predicted molar refractivity (Wildman–Crippen MR) is 13.8 cm³/mol. The summed E-state index contributed by atoms with van der Waals surface area (Å²) in [5.41, 5.74) is 0. The van der Waals surface area contributed by atoms with E-state index in [0.717, 1.165) is 0 Å². The van der Waals surface area contributed by atoms with Gasteiger partial charge in [-0.1, -0.05) is 0 Å². The maximum Gasteiger partial charge on any atom is -0.106 e. The summed E-state index contributed by atoms with van der Waals surface area (Å²) in [7, 11) is 0. The van der Waals surface area contributed by atoms with Crippen LogP contribution < -0.4 is 37.2 Å². The molecule has 0 aliphatic rings. The van der Waals surface area contributed by atoms with Crippen LogP contribution in [0, 0.1) is 0 Å². The molecular weight excluding hydrogens is 149 g/mol. The molecule has 0 aliphatic heterocycles. The molecule has 4 heteroatoms. The molecule has 0 fully saturated rings. The van der Waals surface area contributed by atoms with Gasteiger partial charge in [0, 0.05) is 0 Å². The van der Waals surface area contributed by atoms with E-state index in [0.29, 0.717) is 0 Å². The van der Waals surface area contributed by atoms with E-state index in [1.165, 1.54) is 0 Å². The van der Waals surface area contributed by atoms with E-state index in [1.54, 1.807) is 0 Å². The average molecular weight is 154 g/mol. The summed E-state index contributed by atoms with van der Waals surface area (Å²) in [6, 6.07) is 0. The first-order valence-electron chi connectivity index (χ1n) is 0.500. The summed E-state index contributed by atoms with van der Waals surface area (Å²) in [6.45, 7) is 6.00. The highest BCUT2D eigenvalue weighted by molar-refractivity contribution is 4.22. The SMILES string of the molecule is C=C.F.[Cl-].[Cl-].[Cl-]. The van der Waals surface area contributed by atoms with E-state index in [2.05, 4.69) is 13.2 Å². The molecule has 0 amide bonds. The lowest BCUT2D eigenvalue weighted by Crippen LogP contribution is -3.00. The molecular formula is C2H5Cl3F-3. The summed E-state index contributed by atoms with van der Waals surface area (Å²) in [5, 5.41) is 0. The van der Waals surface area contributed by atoms with Crippen molar-refractivity contribution < 1.29 is 41.9 Å². The molecule has 0 aliphatic carbocycles. The van der Waals surface area contributed by atoms with Gasteiger partial charge in [0.2, 0.25) is 0 Å². The normalized spacial score (nSPS) is 0.667. The Hall–Kier alpha value is 0.540. The second kappa shape index (κ2) is 392. The van der Waals surface area contributed by atoms with Crippen molar-refractivity contribution in [1.82, 2.24) is 0 Å². The van der Waals surface area contributed by atoms with Gasteiger partial charge in [0.1, 0.15) is 0 Å². The standard InChI is InChI=1S/C2H4.3ClH.FH/c1-2;;;;/h1-2H2;4*1H/p-3. The van der Waals surface area contributed by atoms with Gasteiger partial charge in [0.05, 0.1) is 0 Å². The lowest BCUT2D eigenvalue weighted by Gasteiger charge is -1.00. The molecule has 0 radical (unpaired) electrons. The van der Waals surface area contributed by atoms with Crippen molar-refractivity contribution >= 4 is 0 Å². The molecule has 0 aromatic rings. The zero-order valence-electron chi connectivity index (χ0n) is 2.96. The molecule has 0 saturated heterocycles. The Bertz CT molecular complexity index is 8.75. The van der Waals surface area contributed by atoms with Gasteiger partial charge in [-0.25, -0.2) is 0 Å².